The Morgan fingerprint density at radius 3 is 2.32 bits per heavy atom. The molecule has 158 valence electrons. The van der Waals surface area contributed by atoms with Crippen molar-refractivity contribution in [2.24, 2.45) is 0 Å². The zero-order chi connectivity index (χ0) is 21.4. The van der Waals surface area contributed by atoms with E-state index >= 15 is 0 Å². The molecule has 2 aromatic heterocycles. The van der Waals surface area contributed by atoms with Gasteiger partial charge in [-0.15, -0.1) is 0 Å². The smallest absolute Gasteiger partial charge is 0.150 e. The summed E-state index contributed by atoms with van der Waals surface area (Å²) in [7, 11) is 1.68. The Kier molecular flexibility index (Phi) is 5.08. The van der Waals surface area contributed by atoms with Gasteiger partial charge < -0.3 is 18.9 Å². The zero-order valence-electron chi connectivity index (χ0n) is 18.0. The van der Waals surface area contributed by atoms with Crippen molar-refractivity contribution in [3.63, 3.8) is 0 Å². The van der Waals surface area contributed by atoms with E-state index in [0.717, 1.165) is 52.5 Å². The second kappa shape index (κ2) is 8.04. The minimum atomic E-state index is 0.151. The van der Waals surface area contributed by atoms with E-state index in [0.29, 0.717) is 0 Å². The lowest BCUT2D eigenvalue weighted by Crippen LogP contribution is -2.46. The van der Waals surface area contributed by atoms with E-state index < -0.39 is 0 Å². The van der Waals surface area contributed by atoms with Gasteiger partial charge in [0.2, 0.25) is 0 Å². The van der Waals surface area contributed by atoms with E-state index in [9.17, 15) is 0 Å². The van der Waals surface area contributed by atoms with Crippen LogP contribution < -0.4 is 9.64 Å². The van der Waals surface area contributed by atoms with Gasteiger partial charge in [0.15, 0.2) is 5.65 Å². The number of morpholine rings is 1. The molecule has 6 heteroatoms. The maximum atomic E-state index is 5.96. The van der Waals surface area contributed by atoms with Gasteiger partial charge in [0.25, 0.3) is 0 Å². The highest BCUT2D eigenvalue weighted by atomic mass is 16.5. The van der Waals surface area contributed by atoms with E-state index in [-0.39, 0.29) is 12.2 Å². The maximum absolute atomic E-state index is 5.96. The molecule has 2 aromatic carbocycles. The lowest BCUT2D eigenvalue weighted by molar-refractivity contribution is -0.00537. The molecule has 3 heterocycles. The van der Waals surface area contributed by atoms with Crippen LogP contribution in [0.5, 0.6) is 5.75 Å². The molecule has 1 aliphatic rings. The van der Waals surface area contributed by atoms with Crippen molar-refractivity contribution in [2.75, 3.05) is 25.1 Å². The molecule has 1 saturated heterocycles. The van der Waals surface area contributed by atoms with Crippen LogP contribution in [0.25, 0.3) is 27.8 Å². The van der Waals surface area contributed by atoms with Crippen molar-refractivity contribution in [3.8, 4) is 22.6 Å². The van der Waals surface area contributed by atoms with E-state index in [1.54, 1.807) is 13.4 Å². The third-order valence-electron chi connectivity index (χ3n) is 5.72. The number of anilines is 1. The van der Waals surface area contributed by atoms with Gasteiger partial charge in [0.05, 0.1) is 24.7 Å². The molecule has 1 aliphatic heterocycles. The highest BCUT2D eigenvalue weighted by Gasteiger charge is 2.27. The summed E-state index contributed by atoms with van der Waals surface area (Å²) in [6.45, 7) is 5.83. The number of fused-ring (bicyclic) bond motifs is 1. The molecule has 6 nitrogen and oxygen atoms in total. The fourth-order valence-electron chi connectivity index (χ4n) is 4.41. The fourth-order valence-corrected chi connectivity index (χ4v) is 4.41. The van der Waals surface area contributed by atoms with E-state index in [2.05, 4.69) is 53.8 Å². The van der Waals surface area contributed by atoms with Gasteiger partial charge in [-0.1, -0.05) is 30.3 Å². The number of rotatable bonds is 4. The number of hydrogen-bond donors (Lipinski definition) is 0. The molecular formula is C25H26N4O2. The Hall–Kier alpha value is -3.38. The first-order chi connectivity index (χ1) is 15.1. The average molecular weight is 415 g/mol. The van der Waals surface area contributed by atoms with Crippen LogP contribution in [-0.4, -0.2) is 46.9 Å². The van der Waals surface area contributed by atoms with E-state index in [4.69, 9.17) is 19.4 Å². The SMILES string of the molecule is COc1ccc(-n2cc(-c3ccccc3)c3c(N4C[C@@H](C)O[C@@H](C)C4)ncnc32)cc1. The van der Waals surface area contributed by atoms with E-state index in [1.165, 1.54) is 0 Å². The van der Waals surface area contributed by atoms with Gasteiger partial charge in [0.1, 0.15) is 17.9 Å². The van der Waals surface area contributed by atoms with Gasteiger partial charge in [-0.3, -0.25) is 0 Å². The van der Waals surface area contributed by atoms with Gasteiger partial charge >= 0.3 is 0 Å². The summed E-state index contributed by atoms with van der Waals surface area (Å²) >= 11 is 0. The molecule has 0 aliphatic carbocycles. The first-order valence-corrected chi connectivity index (χ1v) is 10.6. The molecule has 5 rings (SSSR count). The van der Waals surface area contributed by atoms with E-state index in [1.807, 2.05) is 30.3 Å². The lowest BCUT2D eigenvalue weighted by Gasteiger charge is -2.36. The van der Waals surface area contributed by atoms with Gasteiger partial charge in [-0.25, -0.2) is 9.97 Å². The van der Waals surface area contributed by atoms with Crippen molar-refractivity contribution in [1.29, 1.82) is 0 Å². The number of aromatic nitrogens is 3. The Morgan fingerprint density at radius 1 is 0.935 bits per heavy atom. The van der Waals surface area contributed by atoms with Gasteiger partial charge in [0, 0.05) is 30.5 Å². The molecule has 0 spiro atoms. The standard InChI is InChI=1S/C25H26N4O2/c1-17-13-28(14-18(2)31-17)24-23-22(19-7-5-4-6-8-19)15-29(25(23)27-16-26-24)20-9-11-21(30-3)12-10-20/h4-12,15-18H,13-14H2,1-3H3/t17-,18+. The first-order valence-electron chi connectivity index (χ1n) is 10.6. The molecular weight excluding hydrogens is 388 g/mol. The quantitative estimate of drug-likeness (QED) is 0.484. The number of hydrogen-bond acceptors (Lipinski definition) is 5. The predicted molar refractivity (Wildman–Crippen MR) is 123 cm³/mol. The highest BCUT2D eigenvalue weighted by Crippen LogP contribution is 2.37. The van der Waals surface area contributed by atoms with Crippen LogP contribution in [0.3, 0.4) is 0 Å². The predicted octanol–water partition coefficient (Wildman–Crippen LogP) is 4.71. The maximum Gasteiger partial charge on any atom is 0.150 e. The molecule has 0 unspecified atom stereocenters. The van der Waals surface area contributed by atoms with Crippen LogP contribution in [0.4, 0.5) is 5.82 Å². The third kappa shape index (κ3) is 3.64. The number of benzene rings is 2. The van der Waals surface area contributed by atoms with Gasteiger partial charge in [-0.2, -0.15) is 0 Å². The molecule has 31 heavy (non-hydrogen) atoms. The molecule has 2 atom stereocenters. The molecule has 0 N–H and O–H groups in total. The normalized spacial score (nSPS) is 19.0. The summed E-state index contributed by atoms with van der Waals surface area (Å²) in [5, 5.41) is 1.06. The fraction of sp³-hybridized carbons (Fsp3) is 0.280. The van der Waals surface area contributed by atoms with Crippen LogP contribution in [0.15, 0.2) is 67.1 Å². The summed E-state index contributed by atoms with van der Waals surface area (Å²) in [6, 6.07) is 18.5. The van der Waals surface area contributed by atoms with Crippen molar-refractivity contribution in [2.45, 2.75) is 26.1 Å². The Morgan fingerprint density at radius 2 is 1.65 bits per heavy atom. The molecule has 1 fully saturated rings. The summed E-state index contributed by atoms with van der Waals surface area (Å²) in [6.07, 6.45) is 4.13. The number of ether oxygens (including phenoxy) is 2. The largest absolute Gasteiger partial charge is 0.497 e. The average Bonchev–Trinajstić information content (AvgIpc) is 3.19. The summed E-state index contributed by atoms with van der Waals surface area (Å²) < 4.78 is 13.4. The van der Waals surface area contributed by atoms with Crippen LogP contribution in [0, 0.1) is 0 Å². The first kappa shape index (κ1) is 19.6. The number of methoxy groups -OCH3 is 1. The summed E-state index contributed by atoms with van der Waals surface area (Å²) in [4.78, 5) is 11.8. The van der Waals surface area contributed by atoms with Crippen LogP contribution >= 0.6 is 0 Å². The van der Waals surface area contributed by atoms with Crippen molar-refractivity contribution < 1.29 is 9.47 Å². The summed E-state index contributed by atoms with van der Waals surface area (Å²) in [5.41, 5.74) is 4.18. The molecule has 0 bridgehead atoms. The Bertz CT molecular complexity index is 1180. The Balaban J connectivity index is 1.73. The summed E-state index contributed by atoms with van der Waals surface area (Å²) in [5.74, 6) is 1.79. The lowest BCUT2D eigenvalue weighted by atomic mass is 10.1. The minimum absolute atomic E-state index is 0.151. The minimum Gasteiger partial charge on any atom is -0.497 e. The zero-order valence-corrected chi connectivity index (χ0v) is 18.0. The van der Waals surface area contributed by atoms with Crippen LogP contribution in [-0.2, 0) is 4.74 Å². The van der Waals surface area contributed by atoms with Crippen LogP contribution in [0.1, 0.15) is 13.8 Å². The third-order valence-corrected chi connectivity index (χ3v) is 5.72. The number of nitrogens with zero attached hydrogens (tertiary/aromatic N) is 4. The van der Waals surface area contributed by atoms with Crippen molar-refractivity contribution in [1.82, 2.24) is 14.5 Å². The molecule has 0 amide bonds. The molecule has 0 saturated carbocycles. The van der Waals surface area contributed by atoms with Crippen LogP contribution in [0.2, 0.25) is 0 Å². The monoisotopic (exact) mass is 414 g/mol. The second-order valence-electron chi connectivity index (χ2n) is 8.04. The van der Waals surface area contributed by atoms with Crippen molar-refractivity contribution in [3.05, 3.63) is 67.1 Å². The highest BCUT2D eigenvalue weighted by molar-refractivity contribution is 6.02. The topological polar surface area (TPSA) is 52.4 Å². The Labute approximate surface area is 182 Å². The molecule has 4 aromatic rings. The van der Waals surface area contributed by atoms with Gasteiger partial charge in [-0.05, 0) is 43.7 Å². The second-order valence-corrected chi connectivity index (χ2v) is 8.04. The molecule has 0 radical (unpaired) electrons. The van der Waals surface area contributed by atoms with Crippen molar-refractivity contribution >= 4 is 16.9 Å².